The number of benzene rings is 2. The van der Waals surface area contributed by atoms with Gasteiger partial charge in [-0.25, -0.2) is 0 Å². The summed E-state index contributed by atoms with van der Waals surface area (Å²) in [6.45, 7) is 6.20. The Morgan fingerprint density at radius 2 is 1.96 bits per heavy atom. The molecule has 1 heterocycles. The van der Waals surface area contributed by atoms with E-state index >= 15 is 0 Å². The lowest BCUT2D eigenvalue weighted by atomic mass is 9.83. The Bertz CT molecular complexity index is 819. The van der Waals surface area contributed by atoms with E-state index in [2.05, 4.69) is 19.2 Å². The highest BCUT2D eigenvalue weighted by Crippen LogP contribution is 2.42. The Morgan fingerprint density at radius 1 is 1.21 bits per heavy atom. The van der Waals surface area contributed by atoms with Gasteiger partial charge >= 0.3 is 0 Å². The first-order valence-electron chi connectivity index (χ1n) is 10.0. The fraction of sp³-hybridized carbons (Fsp3) is 0.435. The van der Waals surface area contributed by atoms with Crippen molar-refractivity contribution < 1.29 is 14.3 Å². The highest BCUT2D eigenvalue weighted by Gasteiger charge is 2.39. The molecule has 0 aliphatic carbocycles. The molecule has 0 saturated carbocycles. The van der Waals surface area contributed by atoms with E-state index in [9.17, 15) is 4.79 Å². The molecule has 0 fully saturated rings. The number of rotatable bonds is 7. The molecule has 2 atom stereocenters. The summed E-state index contributed by atoms with van der Waals surface area (Å²) in [5.74, 6) is 1.33. The number of carbonyl (C=O) groups is 1. The number of hydrogen-bond donors (Lipinski definition) is 1. The number of hydrogen-bond acceptors (Lipinski definition) is 3. The van der Waals surface area contributed by atoms with E-state index in [0.29, 0.717) is 17.2 Å². The molecule has 0 unspecified atom stereocenters. The van der Waals surface area contributed by atoms with Crippen LogP contribution in [-0.2, 0) is 4.79 Å². The minimum atomic E-state index is -0.578. The largest absolute Gasteiger partial charge is 0.487 e. The average molecular weight is 402 g/mol. The molecule has 2 aromatic rings. The molecule has 1 aliphatic heterocycles. The first-order chi connectivity index (χ1) is 13.5. The molecule has 3 rings (SSSR count). The maximum atomic E-state index is 13.0. The molecule has 0 spiro atoms. The molecule has 28 heavy (non-hydrogen) atoms. The third-order valence-corrected chi connectivity index (χ3v) is 5.77. The molecule has 1 aliphatic rings. The zero-order valence-electron chi connectivity index (χ0n) is 16.7. The summed E-state index contributed by atoms with van der Waals surface area (Å²) in [5, 5.41) is 3.79. The van der Waals surface area contributed by atoms with Crippen molar-refractivity contribution in [1.82, 2.24) is 5.32 Å². The second-order valence-electron chi connectivity index (χ2n) is 7.27. The van der Waals surface area contributed by atoms with E-state index < -0.39 is 6.10 Å². The number of ether oxygens (including phenoxy) is 2. The Labute approximate surface area is 172 Å². The summed E-state index contributed by atoms with van der Waals surface area (Å²) >= 11 is 6.03. The maximum Gasteiger partial charge on any atom is 0.261 e. The second kappa shape index (κ2) is 8.87. The standard InChI is InChI=1S/C23H28ClNO3/c1-4-20(27-17-11-9-10-16(24)14-17)22(26)25-19-15-23(5-2,6-3)28-21-13-8-7-12-18(19)21/h7-14,19-20H,4-6,15H2,1-3H3,(H,25,26)/t19-,20+/m0/s1. The van der Waals surface area contributed by atoms with Crippen molar-refractivity contribution in [3.63, 3.8) is 0 Å². The van der Waals surface area contributed by atoms with Crippen molar-refractivity contribution >= 4 is 17.5 Å². The van der Waals surface area contributed by atoms with Gasteiger partial charge in [-0.3, -0.25) is 4.79 Å². The summed E-state index contributed by atoms with van der Waals surface area (Å²) in [4.78, 5) is 13.0. The van der Waals surface area contributed by atoms with Gasteiger partial charge in [0.15, 0.2) is 6.10 Å². The first-order valence-corrected chi connectivity index (χ1v) is 10.4. The van der Waals surface area contributed by atoms with Crippen molar-refractivity contribution in [2.75, 3.05) is 0 Å². The number of nitrogens with one attached hydrogen (secondary N) is 1. The van der Waals surface area contributed by atoms with E-state index in [-0.39, 0.29) is 17.6 Å². The van der Waals surface area contributed by atoms with Crippen LogP contribution in [-0.4, -0.2) is 17.6 Å². The van der Waals surface area contributed by atoms with E-state index in [4.69, 9.17) is 21.1 Å². The Kier molecular flexibility index (Phi) is 6.50. The van der Waals surface area contributed by atoms with E-state index in [1.54, 1.807) is 12.1 Å². The van der Waals surface area contributed by atoms with Crippen LogP contribution in [0.1, 0.15) is 58.1 Å². The predicted octanol–water partition coefficient (Wildman–Crippen LogP) is 5.70. The van der Waals surface area contributed by atoms with Crippen LogP contribution in [0.15, 0.2) is 48.5 Å². The minimum Gasteiger partial charge on any atom is -0.487 e. The molecule has 1 N–H and O–H groups in total. The molecule has 0 radical (unpaired) electrons. The topological polar surface area (TPSA) is 47.6 Å². The van der Waals surface area contributed by atoms with Crippen LogP contribution in [0, 0.1) is 0 Å². The quantitative estimate of drug-likeness (QED) is 0.647. The van der Waals surface area contributed by atoms with Crippen molar-refractivity contribution in [2.45, 2.75) is 64.2 Å². The minimum absolute atomic E-state index is 0.102. The van der Waals surface area contributed by atoms with Crippen LogP contribution in [0.4, 0.5) is 0 Å². The molecular formula is C23H28ClNO3. The van der Waals surface area contributed by atoms with Gasteiger partial charge in [-0.15, -0.1) is 0 Å². The Morgan fingerprint density at radius 3 is 2.64 bits per heavy atom. The number of fused-ring (bicyclic) bond motifs is 1. The van der Waals surface area contributed by atoms with Gasteiger partial charge in [0.2, 0.25) is 0 Å². The molecule has 2 aromatic carbocycles. The van der Waals surface area contributed by atoms with Crippen molar-refractivity contribution in [3.05, 3.63) is 59.1 Å². The summed E-state index contributed by atoms with van der Waals surface area (Å²) in [7, 11) is 0. The van der Waals surface area contributed by atoms with Crippen molar-refractivity contribution in [3.8, 4) is 11.5 Å². The molecule has 4 nitrogen and oxygen atoms in total. The normalized spacial score (nSPS) is 18.5. The van der Waals surface area contributed by atoms with Gasteiger partial charge in [0.25, 0.3) is 5.91 Å². The maximum absolute atomic E-state index is 13.0. The third kappa shape index (κ3) is 4.44. The lowest BCUT2D eigenvalue weighted by Crippen LogP contribution is -2.47. The first kappa shape index (κ1) is 20.5. The van der Waals surface area contributed by atoms with Gasteiger partial charge in [0.1, 0.15) is 17.1 Å². The van der Waals surface area contributed by atoms with Crippen molar-refractivity contribution in [2.24, 2.45) is 0 Å². The average Bonchev–Trinajstić information content (AvgIpc) is 2.71. The summed E-state index contributed by atoms with van der Waals surface area (Å²) < 4.78 is 12.2. The number of para-hydroxylation sites is 1. The van der Waals surface area contributed by atoms with E-state index in [1.165, 1.54) is 0 Å². The van der Waals surface area contributed by atoms with Gasteiger partial charge in [-0.05, 0) is 43.5 Å². The zero-order chi connectivity index (χ0) is 20.1. The van der Waals surface area contributed by atoms with Crippen LogP contribution in [0.25, 0.3) is 0 Å². The fourth-order valence-corrected chi connectivity index (χ4v) is 3.90. The number of carbonyl (C=O) groups excluding carboxylic acids is 1. The number of halogens is 1. The summed E-state index contributed by atoms with van der Waals surface area (Å²) in [6.07, 6.45) is 2.51. The third-order valence-electron chi connectivity index (χ3n) is 5.54. The summed E-state index contributed by atoms with van der Waals surface area (Å²) in [6, 6.07) is 15.0. The van der Waals surface area contributed by atoms with E-state index in [1.807, 2.05) is 43.3 Å². The van der Waals surface area contributed by atoms with Crippen LogP contribution < -0.4 is 14.8 Å². The molecular weight excluding hydrogens is 374 g/mol. The molecule has 0 bridgehead atoms. The molecule has 0 saturated heterocycles. The highest BCUT2D eigenvalue weighted by molar-refractivity contribution is 6.30. The highest BCUT2D eigenvalue weighted by atomic mass is 35.5. The molecule has 150 valence electrons. The van der Waals surface area contributed by atoms with Gasteiger partial charge in [-0.1, -0.05) is 56.6 Å². The van der Waals surface area contributed by atoms with Gasteiger partial charge in [-0.2, -0.15) is 0 Å². The van der Waals surface area contributed by atoms with Crippen LogP contribution in [0.5, 0.6) is 11.5 Å². The fourth-order valence-electron chi connectivity index (χ4n) is 3.72. The lowest BCUT2D eigenvalue weighted by molar-refractivity contribution is -0.129. The molecule has 5 heteroatoms. The van der Waals surface area contributed by atoms with Crippen LogP contribution in [0.2, 0.25) is 5.02 Å². The zero-order valence-corrected chi connectivity index (χ0v) is 17.5. The van der Waals surface area contributed by atoms with Crippen molar-refractivity contribution in [1.29, 1.82) is 0 Å². The SMILES string of the molecule is CC[C@@H](Oc1cccc(Cl)c1)C(=O)N[C@H]1CC(CC)(CC)Oc2ccccc21. The molecule has 0 aromatic heterocycles. The summed E-state index contributed by atoms with van der Waals surface area (Å²) in [5.41, 5.74) is 0.757. The van der Waals surface area contributed by atoms with Crippen LogP contribution in [0.3, 0.4) is 0 Å². The smallest absolute Gasteiger partial charge is 0.261 e. The molecule has 1 amide bonds. The second-order valence-corrected chi connectivity index (χ2v) is 7.70. The Balaban J connectivity index is 1.79. The van der Waals surface area contributed by atoms with E-state index in [0.717, 1.165) is 30.6 Å². The number of amides is 1. The van der Waals surface area contributed by atoms with Gasteiger partial charge < -0.3 is 14.8 Å². The monoisotopic (exact) mass is 401 g/mol. The van der Waals surface area contributed by atoms with Gasteiger partial charge in [0, 0.05) is 17.0 Å². The Hall–Kier alpha value is -2.20. The lowest BCUT2D eigenvalue weighted by Gasteiger charge is -2.42. The predicted molar refractivity (Wildman–Crippen MR) is 112 cm³/mol. The van der Waals surface area contributed by atoms with Gasteiger partial charge in [0.05, 0.1) is 6.04 Å². The van der Waals surface area contributed by atoms with Crippen LogP contribution >= 0.6 is 11.6 Å².